The minimum atomic E-state index is -0.688. The summed E-state index contributed by atoms with van der Waals surface area (Å²) < 4.78 is 20.0. The maximum atomic E-state index is 14.1. The lowest BCUT2D eigenvalue weighted by atomic mass is 10.2. The van der Waals surface area contributed by atoms with Crippen LogP contribution >= 0.6 is 11.8 Å². The Morgan fingerprint density at radius 1 is 1.39 bits per heavy atom. The number of esters is 1. The second kappa shape index (κ2) is 7.28. The fraction of sp³-hybridized carbons (Fsp3) is 0.267. The van der Waals surface area contributed by atoms with E-state index in [1.807, 2.05) is 6.26 Å². The summed E-state index contributed by atoms with van der Waals surface area (Å²) in [6.07, 6.45) is 1.84. The van der Waals surface area contributed by atoms with Crippen LogP contribution in [0.4, 0.5) is 15.8 Å². The molecule has 2 aromatic rings. The summed E-state index contributed by atoms with van der Waals surface area (Å²) >= 11 is 1.41. The molecule has 0 amide bonds. The zero-order valence-electron chi connectivity index (χ0n) is 12.9. The topological polar surface area (TPSA) is 73.2 Å². The van der Waals surface area contributed by atoms with Crippen LogP contribution in [-0.2, 0) is 11.8 Å². The Labute approximate surface area is 136 Å². The van der Waals surface area contributed by atoms with E-state index < -0.39 is 17.3 Å². The van der Waals surface area contributed by atoms with Gasteiger partial charge in [-0.3, -0.25) is 4.79 Å². The maximum Gasteiger partial charge on any atom is 0.360 e. The van der Waals surface area contributed by atoms with Gasteiger partial charge in [0.25, 0.3) is 5.56 Å². The SMILES string of the molecule is CCOC(=O)c1nn(C)c(=O)cc1Nc1ccc(SC)cc1F. The van der Waals surface area contributed by atoms with E-state index >= 15 is 0 Å². The van der Waals surface area contributed by atoms with E-state index in [0.717, 1.165) is 9.58 Å². The Balaban J connectivity index is 2.44. The van der Waals surface area contributed by atoms with E-state index in [4.69, 9.17) is 4.74 Å². The smallest absolute Gasteiger partial charge is 0.360 e. The molecule has 1 heterocycles. The summed E-state index contributed by atoms with van der Waals surface area (Å²) in [5.41, 5.74) is -0.269. The molecule has 0 bridgehead atoms. The molecule has 0 atom stereocenters. The van der Waals surface area contributed by atoms with Crippen LogP contribution < -0.4 is 10.9 Å². The van der Waals surface area contributed by atoms with E-state index in [1.165, 1.54) is 37.0 Å². The third-order valence-electron chi connectivity index (χ3n) is 3.01. The molecule has 122 valence electrons. The summed E-state index contributed by atoms with van der Waals surface area (Å²) in [7, 11) is 1.42. The van der Waals surface area contributed by atoms with Crippen LogP contribution in [0.5, 0.6) is 0 Å². The van der Waals surface area contributed by atoms with Crippen molar-refractivity contribution in [3.05, 3.63) is 46.1 Å². The number of nitrogens with zero attached hydrogens (tertiary/aromatic N) is 2. The Kier molecular flexibility index (Phi) is 5.38. The van der Waals surface area contributed by atoms with E-state index in [0.29, 0.717) is 0 Å². The number of hydrogen-bond acceptors (Lipinski definition) is 6. The van der Waals surface area contributed by atoms with Crippen molar-refractivity contribution >= 4 is 29.1 Å². The van der Waals surface area contributed by atoms with Gasteiger partial charge in [-0.2, -0.15) is 5.10 Å². The van der Waals surface area contributed by atoms with Crippen molar-refractivity contribution in [3.8, 4) is 0 Å². The third kappa shape index (κ3) is 3.89. The van der Waals surface area contributed by atoms with Crippen molar-refractivity contribution in [1.29, 1.82) is 0 Å². The van der Waals surface area contributed by atoms with Gasteiger partial charge in [-0.15, -0.1) is 11.8 Å². The van der Waals surface area contributed by atoms with Crippen LogP contribution in [0, 0.1) is 5.82 Å². The van der Waals surface area contributed by atoms with E-state index in [1.54, 1.807) is 13.0 Å². The standard InChI is InChI=1S/C15H16FN3O3S/c1-4-22-15(21)14-12(8-13(20)19(2)18-14)17-11-6-5-9(23-3)7-10(11)16/h5-8,17H,4H2,1-3H3. The van der Waals surface area contributed by atoms with Gasteiger partial charge in [0, 0.05) is 18.0 Å². The molecule has 2 rings (SSSR count). The first-order chi connectivity index (χ1) is 11.0. The molecule has 0 radical (unpaired) electrons. The number of carbonyl (C=O) groups excluding carboxylic acids is 1. The lowest BCUT2D eigenvalue weighted by Crippen LogP contribution is -2.24. The molecule has 1 aromatic heterocycles. The van der Waals surface area contributed by atoms with Crippen LogP contribution in [0.2, 0.25) is 0 Å². The highest BCUT2D eigenvalue weighted by atomic mass is 32.2. The second-order valence-corrected chi connectivity index (χ2v) is 5.44. The summed E-state index contributed by atoms with van der Waals surface area (Å²) in [6.45, 7) is 1.83. The molecule has 0 aliphatic carbocycles. The van der Waals surface area contributed by atoms with Gasteiger partial charge in [0.15, 0.2) is 5.69 Å². The highest BCUT2D eigenvalue weighted by molar-refractivity contribution is 7.98. The van der Waals surface area contributed by atoms with E-state index in [-0.39, 0.29) is 23.7 Å². The molecule has 8 heteroatoms. The predicted octanol–water partition coefficient (Wildman–Crippen LogP) is 2.56. The van der Waals surface area contributed by atoms with Crippen molar-refractivity contribution in [2.75, 3.05) is 18.2 Å². The van der Waals surface area contributed by atoms with Gasteiger partial charge in [-0.25, -0.2) is 13.9 Å². The molecule has 1 aromatic carbocycles. The van der Waals surface area contributed by atoms with Crippen LogP contribution in [0.1, 0.15) is 17.4 Å². The Hall–Kier alpha value is -2.35. The highest BCUT2D eigenvalue weighted by Crippen LogP contribution is 2.25. The molecule has 1 N–H and O–H groups in total. The van der Waals surface area contributed by atoms with Gasteiger partial charge in [0.05, 0.1) is 18.0 Å². The minimum absolute atomic E-state index is 0.0812. The number of benzene rings is 1. The highest BCUT2D eigenvalue weighted by Gasteiger charge is 2.18. The predicted molar refractivity (Wildman–Crippen MR) is 86.9 cm³/mol. The monoisotopic (exact) mass is 337 g/mol. The molecule has 0 unspecified atom stereocenters. The van der Waals surface area contributed by atoms with Gasteiger partial charge in [-0.1, -0.05) is 0 Å². The van der Waals surface area contributed by atoms with Crippen LogP contribution in [-0.4, -0.2) is 28.6 Å². The minimum Gasteiger partial charge on any atom is -0.461 e. The second-order valence-electron chi connectivity index (χ2n) is 4.56. The molecule has 0 saturated carbocycles. The van der Waals surface area contributed by atoms with E-state index in [9.17, 15) is 14.0 Å². The number of aryl methyl sites for hydroxylation is 1. The first-order valence-electron chi connectivity index (χ1n) is 6.82. The van der Waals surface area contributed by atoms with Gasteiger partial charge in [-0.05, 0) is 31.4 Å². The Morgan fingerprint density at radius 2 is 2.13 bits per heavy atom. The van der Waals surface area contributed by atoms with Gasteiger partial charge >= 0.3 is 5.97 Å². The van der Waals surface area contributed by atoms with Crippen molar-refractivity contribution in [1.82, 2.24) is 9.78 Å². The quantitative estimate of drug-likeness (QED) is 0.668. The van der Waals surface area contributed by atoms with Crippen molar-refractivity contribution in [3.63, 3.8) is 0 Å². The molecular formula is C15H16FN3O3S. The normalized spacial score (nSPS) is 10.4. The number of anilines is 2. The van der Waals surface area contributed by atoms with Crippen LogP contribution in [0.3, 0.4) is 0 Å². The molecule has 0 aliphatic rings. The average Bonchev–Trinajstić information content (AvgIpc) is 2.52. The van der Waals surface area contributed by atoms with Gasteiger partial charge in [0.2, 0.25) is 0 Å². The van der Waals surface area contributed by atoms with Crippen molar-refractivity contribution in [2.24, 2.45) is 7.05 Å². The first-order valence-corrected chi connectivity index (χ1v) is 8.04. The number of carbonyl (C=O) groups is 1. The molecular weight excluding hydrogens is 321 g/mol. The lowest BCUT2D eigenvalue weighted by molar-refractivity contribution is 0.0518. The number of thioether (sulfide) groups is 1. The number of aromatic nitrogens is 2. The average molecular weight is 337 g/mol. The van der Waals surface area contributed by atoms with Gasteiger partial charge < -0.3 is 10.1 Å². The fourth-order valence-corrected chi connectivity index (χ4v) is 2.28. The molecule has 0 saturated heterocycles. The zero-order chi connectivity index (χ0) is 17.0. The van der Waals surface area contributed by atoms with Crippen molar-refractivity contribution in [2.45, 2.75) is 11.8 Å². The Morgan fingerprint density at radius 3 is 2.74 bits per heavy atom. The summed E-state index contributed by atoms with van der Waals surface area (Å²) in [5.74, 6) is -1.18. The number of rotatable bonds is 5. The van der Waals surface area contributed by atoms with Crippen LogP contribution in [0.25, 0.3) is 0 Å². The van der Waals surface area contributed by atoms with Crippen molar-refractivity contribution < 1.29 is 13.9 Å². The number of ether oxygens (including phenoxy) is 1. The maximum absolute atomic E-state index is 14.1. The van der Waals surface area contributed by atoms with E-state index in [2.05, 4.69) is 10.4 Å². The summed E-state index contributed by atoms with van der Waals surface area (Å²) in [6, 6.07) is 5.81. The van der Waals surface area contributed by atoms with Crippen LogP contribution in [0.15, 0.2) is 34.0 Å². The zero-order valence-corrected chi connectivity index (χ0v) is 13.7. The number of nitrogens with one attached hydrogen (secondary N) is 1. The third-order valence-corrected chi connectivity index (χ3v) is 3.73. The molecule has 0 fully saturated rings. The number of halogens is 1. The molecule has 23 heavy (non-hydrogen) atoms. The lowest BCUT2D eigenvalue weighted by Gasteiger charge is -2.12. The Bertz CT molecular complexity index is 792. The number of hydrogen-bond donors (Lipinski definition) is 1. The van der Waals surface area contributed by atoms with Gasteiger partial charge in [0.1, 0.15) is 5.82 Å². The molecule has 6 nitrogen and oxygen atoms in total. The summed E-state index contributed by atoms with van der Waals surface area (Å²) in [5, 5.41) is 6.63. The first kappa shape index (κ1) is 17.0. The fourth-order valence-electron chi connectivity index (χ4n) is 1.85. The molecule has 0 aliphatic heterocycles. The summed E-state index contributed by atoms with van der Waals surface area (Å²) in [4.78, 5) is 24.5. The largest absolute Gasteiger partial charge is 0.461 e. The molecule has 0 spiro atoms.